The van der Waals surface area contributed by atoms with Gasteiger partial charge in [-0.2, -0.15) is 0 Å². The lowest BCUT2D eigenvalue weighted by Crippen LogP contribution is -2.50. The minimum atomic E-state index is -2.70. The second-order valence-corrected chi connectivity index (χ2v) is 17.1. The highest BCUT2D eigenvalue weighted by Gasteiger charge is 2.49. The molecule has 0 saturated heterocycles. The topological polar surface area (TPSA) is 72.5 Å². The van der Waals surface area contributed by atoms with Gasteiger partial charge in [0.1, 0.15) is 0 Å². The Labute approximate surface area is 240 Å². The molecule has 0 radical (unpaired) electrons. The Morgan fingerprint density at radius 3 is 1.00 bits per heavy atom. The first-order valence-corrected chi connectivity index (χ1v) is 20.7. The lowest BCUT2D eigenvalue weighted by atomic mass is 10.1. The van der Waals surface area contributed by atoms with Crippen molar-refractivity contribution in [2.45, 2.75) is 131 Å². The van der Waals surface area contributed by atoms with Crippen molar-refractivity contribution in [3.63, 3.8) is 0 Å². The van der Waals surface area contributed by atoms with Gasteiger partial charge < -0.3 is 26.6 Å². The Kier molecular flexibility index (Phi) is 24.2. The number of hydrogen-bond donors (Lipinski definition) is 0. The van der Waals surface area contributed by atoms with Crippen LogP contribution in [-0.4, -0.2) is 73.0 Å². The van der Waals surface area contributed by atoms with E-state index in [4.69, 9.17) is 26.6 Å². The molecule has 0 aliphatic carbocycles. The molecule has 0 bridgehead atoms. The zero-order valence-corrected chi connectivity index (χ0v) is 29.0. The molecule has 38 heavy (non-hydrogen) atoms. The predicted octanol–water partition coefficient (Wildman–Crippen LogP) is 7.51. The molecule has 0 aromatic rings. The zero-order chi connectivity index (χ0) is 28.7. The quantitative estimate of drug-likeness (QED) is 0.0681. The molecule has 0 aliphatic heterocycles. The van der Waals surface area contributed by atoms with Crippen molar-refractivity contribution in [3.05, 3.63) is 0 Å². The lowest BCUT2D eigenvalue weighted by Gasteiger charge is -2.35. The number of hydrogen-bond acceptors (Lipinski definition) is 7. The van der Waals surface area contributed by atoms with Crippen LogP contribution >= 0.6 is 0 Å². The van der Waals surface area contributed by atoms with E-state index >= 15 is 0 Å². The van der Waals surface area contributed by atoms with Crippen LogP contribution in [-0.2, 0) is 37.4 Å². The lowest BCUT2D eigenvalue weighted by molar-refractivity contribution is 0.0575. The molecule has 0 heterocycles. The molecule has 0 rings (SSSR count). The minimum Gasteiger partial charge on any atom is -0.374 e. The van der Waals surface area contributed by atoms with Gasteiger partial charge in [-0.05, 0) is 80.1 Å². The van der Waals surface area contributed by atoms with Gasteiger partial charge in [-0.1, -0.05) is 39.5 Å². The van der Waals surface area contributed by atoms with Gasteiger partial charge >= 0.3 is 17.6 Å². The molecule has 2 unspecified atom stereocenters. The third-order valence-corrected chi connectivity index (χ3v) is 15.5. The van der Waals surface area contributed by atoms with Gasteiger partial charge in [0.15, 0.2) is 0 Å². The first-order chi connectivity index (χ1) is 18.4. The summed E-state index contributed by atoms with van der Waals surface area (Å²) in [4.78, 5) is 0. The Hall–Kier alpha value is 0.344. The van der Waals surface area contributed by atoms with Gasteiger partial charge in [-0.15, -0.1) is 0 Å². The van der Waals surface area contributed by atoms with E-state index in [9.17, 15) is 4.21 Å². The first kappa shape index (κ1) is 38.3. The molecule has 0 saturated carbocycles. The van der Waals surface area contributed by atoms with Gasteiger partial charge in [-0.3, -0.25) is 4.21 Å². The van der Waals surface area contributed by atoms with E-state index in [0.717, 1.165) is 75.7 Å². The molecule has 0 spiro atoms. The summed E-state index contributed by atoms with van der Waals surface area (Å²) in [7, 11) is -6.19. The van der Waals surface area contributed by atoms with Crippen LogP contribution in [0.3, 0.4) is 0 Å². The summed E-state index contributed by atoms with van der Waals surface area (Å²) in [6, 6.07) is 0. The van der Waals surface area contributed by atoms with E-state index in [2.05, 4.69) is 13.8 Å². The highest BCUT2D eigenvalue weighted by molar-refractivity contribution is 7.84. The van der Waals surface area contributed by atoms with Crippen LogP contribution in [0, 0.1) is 0 Å². The van der Waals surface area contributed by atoms with E-state index in [0.29, 0.717) is 50.7 Å². The summed E-state index contributed by atoms with van der Waals surface area (Å²) in [6.07, 6.45) is 10.3. The van der Waals surface area contributed by atoms with E-state index < -0.39 is 28.4 Å². The Bertz CT molecular complexity index is 491. The number of rotatable bonds is 28. The highest BCUT2D eigenvalue weighted by Crippen LogP contribution is 2.36. The second-order valence-electron chi connectivity index (χ2n) is 9.62. The zero-order valence-electron chi connectivity index (χ0n) is 26.1. The molecule has 0 amide bonds. The van der Waals surface area contributed by atoms with Crippen molar-refractivity contribution in [1.29, 1.82) is 0 Å². The molecular formula is C28H62O7SSi2. The van der Waals surface area contributed by atoms with Gasteiger partial charge in [0.25, 0.3) is 0 Å². The molecule has 0 aromatic carbocycles. The van der Waals surface area contributed by atoms with Crippen molar-refractivity contribution in [3.8, 4) is 0 Å². The summed E-state index contributed by atoms with van der Waals surface area (Å²) < 4.78 is 49.9. The molecule has 230 valence electrons. The largest absolute Gasteiger partial charge is 0.504 e. The maximum atomic E-state index is 12.8. The van der Waals surface area contributed by atoms with E-state index in [-0.39, 0.29) is 0 Å². The van der Waals surface area contributed by atoms with Gasteiger partial charge in [-0.25, -0.2) is 0 Å². The Morgan fingerprint density at radius 2 is 0.763 bits per heavy atom. The fraction of sp³-hybridized carbons (Fsp3) is 1.00. The standard InChI is InChI=1S/C28H62O7SSi2/c1-9-21-27(37(30-11-3,31-12-4)32-13-5)23-17-19-25-36(29)26-20-18-24-28(22-10-2)38(33-14-6,34-15-7)35-16-8/h27-28H,9-26H2,1-8H3. The van der Waals surface area contributed by atoms with Crippen molar-refractivity contribution in [2.75, 3.05) is 51.1 Å². The molecule has 10 heteroatoms. The fourth-order valence-corrected chi connectivity index (χ4v) is 13.3. The third kappa shape index (κ3) is 14.3. The normalized spacial score (nSPS) is 15.1. The maximum absolute atomic E-state index is 12.8. The summed E-state index contributed by atoms with van der Waals surface area (Å²) >= 11 is 0. The van der Waals surface area contributed by atoms with Gasteiger partial charge in [0.05, 0.1) is 0 Å². The van der Waals surface area contributed by atoms with Crippen molar-refractivity contribution in [1.82, 2.24) is 0 Å². The van der Waals surface area contributed by atoms with Crippen molar-refractivity contribution >= 4 is 28.4 Å². The first-order valence-electron chi connectivity index (χ1n) is 15.6. The molecule has 2 atom stereocenters. The van der Waals surface area contributed by atoms with Crippen LogP contribution in [0.2, 0.25) is 11.1 Å². The van der Waals surface area contributed by atoms with E-state index in [1.54, 1.807) is 0 Å². The molecule has 0 aromatic heterocycles. The average Bonchev–Trinajstić information content (AvgIpc) is 2.88. The highest BCUT2D eigenvalue weighted by atomic mass is 32.2. The Morgan fingerprint density at radius 1 is 0.474 bits per heavy atom. The Balaban J connectivity index is 4.77. The molecule has 0 fully saturated rings. The smallest absolute Gasteiger partial charge is 0.374 e. The van der Waals surface area contributed by atoms with E-state index in [1.807, 2.05) is 41.5 Å². The summed E-state index contributed by atoms with van der Waals surface area (Å²) in [6.45, 7) is 20.2. The van der Waals surface area contributed by atoms with Gasteiger partial charge in [0, 0.05) is 73.0 Å². The van der Waals surface area contributed by atoms with Crippen LogP contribution in [0.1, 0.15) is 120 Å². The van der Waals surface area contributed by atoms with Crippen LogP contribution in [0.4, 0.5) is 0 Å². The molecule has 0 aliphatic rings. The average molecular weight is 599 g/mol. The van der Waals surface area contributed by atoms with Crippen LogP contribution in [0.5, 0.6) is 0 Å². The maximum Gasteiger partial charge on any atom is 0.504 e. The van der Waals surface area contributed by atoms with Crippen LogP contribution in [0.15, 0.2) is 0 Å². The van der Waals surface area contributed by atoms with E-state index in [1.165, 1.54) is 0 Å². The fourth-order valence-electron chi connectivity index (χ4n) is 5.27. The second kappa shape index (κ2) is 24.0. The SMILES string of the molecule is CCCC(CCCCS(=O)CCCCC(CCC)[Si](OCC)(OCC)OCC)[Si](OCC)(OCC)OCC. The monoisotopic (exact) mass is 598 g/mol. The van der Waals surface area contributed by atoms with Gasteiger partial charge in [0.2, 0.25) is 0 Å². The van der Waals surface area contributed by atoms with Crippen molar-refractivity contribution < 1.29 is 30.8 Å². The molecular weight excluding hydrogens is 537 g/mol. The molecule has 0 N–H and O–H groups in total. The predicted molar refractivity (Wildman–Crippen MR) is 164 cm³/mol. The van der Waals surface area contributed by atoms with Crippen molar-refractivity contribution in [2.24, 2.45) is 0 Å². The number of unbranched alkanes of at least 4 members (excludes halogenated alkanes) is 2. The summed E-state index contributed by atoms with van der Waals surface area (Å²) in [5.74, 6) is 1.53. The van der Waals surface area contributed by atoms with Crippen LogP contribution in [0.25, 0.3) is 0 Å². The third-order valence-electron chi connectivity index (χ3n) is 6.70. The molecule has 7 nitrogen and oxygen atoms in total. The summed E-state index contributed by atoms with van der Waals surface area (Å²) in [5, 5.41) is 0. The van der Waals surface area contributed by atoms with Crippen LogP contribution < -0.4 is 0 Å². The summed E-state index contributed by atoms with van der Waals surface area (Å²) in [5.41, 5.74) is 0.614. The minimum absolute atomic E-state index is 0.307.